The normalized spacial score (nSPS) is 25.1. The maximum Gasteiger partial charge on any atom is 0.229 e. The van der Waals surface area contributed by atoms with Crippen LogP contribution in [0.4, 0.5) is 0 Å². The molecule has 5 atom stereocenters. The minimum Gasteiger partial charge on any atom is -0.496 e. The van der Waals surface area contributed by atoms with Gasteiger partial charge in [-0.1, -0.05) is 30.3 Å². The van der Waals surface area contributed by atoms with E-state index in [9.17, 15) is 25.2 Å². The van der Waals surface area contributed by atoms with Gasteiger partial charge in [-0.2, -0.15) is 0 Å². The molecule has 1 aliphatic heterocycles. The molecule has 0 amide bonds. The average molecular weight is 460 g/mol. The summed E-state index contributed by atoms with van der Waals surface area (Å²) in [6.07, 6.45) is -7.44. The van der Waals surface area contributed by atoms with Crippen molar-refractivity contribution in [2.24, 2.45) is 0 Å². The van der Waals surface area contributed by atoms with Gasteiger partial charge in [0, 0.05) is 17.7 Å². The van der Waals surface area contributed by atoms with Crippen LogP contribution in [0.25, 0.3) is 22.3 Å². The standard InChI is InChI=1S/C23H24O10/c1-29-14-9-15(32-23-20(28)19(27)18(26)16(10-24)33-23)21(30-2)22-17(14)12(25)8-13(31-22)11-6-4-3-5-7-11/h3-9,16,18-20,23-24,26-28H,10H2,1-2H3. The van der Waals surface area contributed by atoms with Crippen LogP contribution in [0.2, 0.25) is 0 Å². The first-order valence-electron chi connectivity index (χ1n) is 10.1. The first kappa shape index (κ1) is 23.0. The van der Waals surface area contributed by atoms with Crippen molar-refractivity contribution in [1.29, 1.82) is 0 Å². The molecule has 3 aromatic rings. The van der Waals surface area contributed by atoms with E-state index in [1.807, 2.05) is 6.07 Å². The van der Waals surface area contributed by atoms with Gasteiger partial charge in [0.15, 0.2) is 16.8 Å². The van der Waals surface area contributed by atoms with E-state index in [2.05, 4.69) is 0 Å². The van der Waals surface area contributed by atoms with Crippen molar-refractivity contribution in [3.05, 3.63) is 52.7 Å². The van der Waals surface area contributed by atoms with Crippen LogP contribution in [0.3, 0.4) is 0 Å². The van der Waals surface area contributed by atoms with E-state index in [4.69, 9.17) is 23.4 Å². The fraction of sp³-hybridized carbons (Fsp3) is 0.348. The lowest BCUT2D eigenvalue weighted by Crippen LogP contribution is -2.60. The summed E-state index contributed by atoms with van der Waals surface area (Å²) in [6.45, 7) is -0.613. The van der Waals surface area contributed by atoms with E-state index in [0.29, 0.717) is 11.3 Å². The lowest BCUT2D eigenvalue weighted by atomic mass is 9.99. The lowest BCUT2D eigenvalue weighted by molar-refractivity contribution is -0.277. The van der Waals surface area contributed by atoms with Gasteiger partial charge in [0.05, 0.1) is 20.8 Å². The second kappa shape index (κ2) is 9.38. The molecule has 1 saturated heterocycles. The minimum atomic E-state index is -1.64. The smallest absolute Gasteiger partial charge is 0.229 e. The van der Waals surface area contributed by atoms with Crippen LogP contribution >= 0.6 is 0 Å². The van der Waals surface area contributed by atoms with Gasteiger partial charge < -0.3 is 43.8 Å². The van der Waals surface area contributed by atoms with Gasteiger partial charge in [0.2, 0.25) is 12.0 Å². The van der Waals surface area contributed by atoms with Crippen LogP contribution < -0.4 is 19.6 Å². The summed E-state index contributed by atoms with van der Waals surface area (Å²) in [4.78, 5) is 12.9. The third kappa shape index (κ3) is 4.14. The predicted octanol–water partition coefficient (Wildman–Crippen LogP) is 0.656. The molecule has 2 aromatic carbocycles. The van der Waals surface area contributed by atoms with Gasteiger partial charge in [-0.15, -0.1) is 0 Å². The molecule has 0 radical (unpaired) electrons. The monoisotopic (exact) mass is 460 g/mol. The van der Waals surface area contributed by atoms with Crippen LogP contribution in [-0.2, 0) is 4.74 Å². The quantitative estimate of drug-likeness (QED) is 0.413. The Bertz CT molecular complexity index is 1170. The summed E-state index contributed by atoms with van der Waals surface area (Å²) in [5, 5.41) is 39.9. The van der Waals surface area contributed by atoms with Crippen LogP contribution in [0.1, 0.15) is 0 Å². The predicted molar refractivity (Wildman–Crippen MR) is 115 cm³/mol. The molecule has 0 saturated carbocycles. The van der Waals surface area contributed by atoms with Crippen molar-refractivity contribution in [3.63, 3.8) is 0 Å². The second-order valence-electron chi connectivity index (χ2n) is 7.47. The number of ether oxygens (including phenoxy) is 4. The Kier molecular flexibility index (Phi) is 6.54. The summed E-state index contributed by atoms with van der Waals surface area (Å²) in [5.74, 6) is 0.425. The highest BCUT2D eigenvalue weighted by Gasteiger charge is 2.45. The maximum absolute atomic E-state index is 12.9. The van der Waals surface area contributed by atoms with Crippen molar-refractivity contribution in [1.82, 2.24) is 0 Å². The first-order valence-corrected chi connectivity index (χ1v) is 10.1. The Hall–Kier alpha value is -3.15. The zero-order valence-corrected chi connectivity index (χ0v) is 17.9. The molecule has 5 unspecified atom stereocenters. The average Bonchev–Trinajstić information content (AvgIpc) is 2.84. The zero-order chi connectivity index (χ0) is 23.7. The van der Waals surface area contributed by atoms with Gasteiger partial charge in [-0.25, -0.2) is 0 Å². The van der Waals surface area contributed by atoms with E-state index in [1.165, 1.54) is 26.4 Å². The number of hydrogen-bond donors (Lipinski definition) is 4. The first-order chi connectivity index (χ1) is 15.9. The SMILES string of the molecule is COc1c(OC2OC(CO)C(O)C(O)C2O)cc(OC)c2c(=O)cc(-c3ccccc3)oc12. The van der Waals surface area contributed by atoms with Gasteiger partial charge in [0.25, 0.3) is 0 Å². The molecule has 4 N–H and O–H groups in total. The Balaban J connectivity index is 1.84. The molecule has 0 aliphatic carbocycles. The van der Waals surface area contributed by atoms with Crippen molar-refractivity contribution in [2.75, 3.05) is 20.8 Å². The molecule has 4 rings (SSSR count). The number of methoxy groups -OCH3 is 2. The molecule has 0 bridgehead atoms. The highest BCUT2D eigenvalue weighted by molar-refractivity contribution is 5.92. The number of aliphatic hydroxyl groups is 4. The van der Waals surface area contributed by atoms with Crippen LogP contribution in [-0.4, -0.2) is 72.0 Å². The molecule has 33 heavy (non-hydrogen) atoms. The molecule has 1 aromatic heterocycles. The van der Waals surface area contributed by atoms with E-state index >= 15 is 0 Å². The summed E-state index contributed by atoms with van der Waals surface area (Å²) in [5.41, 5.74) is 0.338. The third-order valence-corrected chi connectivity index (χ3v) is 5.46. The fourth-order valence-electron chi connectivity index (χ4n) is 3.73. The second-order valence-corrected chi connectivity index (χ2v) is 7.47. The van der Waals surface area contributed by atoms with Gasteiger partial charge in [-0.3, -0.25) is 4.79 Å². The highest BCUT2D eigenvalue weighted by Crippen LogP contribution is 2.42. The molecular weight excluding hydrogens is 436 g/mol. The Labute approximate surface area is 188 Å². The molecule has 2 heterocycles. The van der Waals surface area contributed by atoms with Gasteiger partial charge in [-0.05, 0) is 0 Å². The number of benzene rings is 2. The Morgan fingerprint density at radius 1 is 0.939 bits per heavy atom. The van der Waals surface area contributed by atoms with E-state index in [0.717, 1.165) is 0 Å². The van der Waals surface area contributed by atoms with E-state index in [1.54, 1.807) is 24.3 Å². The molecule has 0 spiro atoms. The van der Waals surface area contributed by atoms with Crippen molar-refractivity contribution < 1.29 is 43.8 Å². The Morgan fingerprint density at radius 3 is 2.30 bits per heavy atom. The summed E-state index contributed by atoms with van der Waals surface area (Å²) >= 11 is 0. The van der Waals surface area contributed by atoms with Crippen molar-refractivity contribution in [3.8, 4) is 28.6 Å². The van der Waals surface area contributed by atoms with Crippen LogP contribution in [0.5, 0.6) is 17.2 Å². The molecule has 176 valence electrons. The third-order valence-electron chi connectivity index (χ3n) is 5.46. The van der Waals surface area contributed by atoms with Gasteiger partial charge >= 0.3 is 0 Å². The number of aliphatic hydroxyl groups excluding tert-OH is 4. The number of fused-ring (bicyclic) bond motifs is 1. The van der Waals surface area contributed by atoms with Gasteiger partial charge in [0.1, 0.15) is 41.3 Å². The summed E-state index contributed by atoms with van der Waals surface area (Å²) in [7, 11) is 2.71. The molecule has 10 nitrogen and oxygen atoms in total. The molecule has 1 fully saturated rings. The molecular formula is C23H24O10. The summed E-state index contributed by atoms with van der Waals surface area (Å²) < 4.78 is 28.0. The van der Waals surface area contributed by atoms with Crippen LogP contribution in [0, 0.1) is 0 Å². The zero-order valence-electron chi connectivity index (χ0n) is 17.9. The lowest BCUT2D eigenvalue weighted by Gasteiger charge is -2.39. The van der Waals surface area contributed by atoms with E-state index < -0.39 is 37.3 Å². The van der Waals surface area contributed by atoms with Crippen molar-refractivity contribution >= 4 is 11.0 Å². The molecule has 10 heteroatoms. The van der Waals surface area contributed by atoms with Crippen LogP contribution in [0.15, 0.2) is 51.7 Å². The topological polar surface area (TPSA) is 148 Å². The maximum atomic E-state index is 12.9. The minimum absolute atomic E-state index is 0.0143. The van der Waals surface area contributed by atoms with Crippen molar-refractivity contribution in [2.45, 2.75) is 30.7 Å². The summed E-state index contributed by atoms with van der Waals surface area (Å²) in [6, 6.07) is 11.7. The largest absolute Gasteiger partial charge is 0.496 e. The molecule has 1 aliphatic rings. The Morgan fingerprint density at radius 2 is 1.67 bits per heavy atom. The fourth-order valence-corrected chi connectivity index (χ4v) is 3.73. The number of rotatable bonds is 6. The number of hydrogen-bond acceptors (Lipinski definition) is 10. The highest BCUT2D eigenvalue weighted by atomic mass is 16.7. The van der Waals surface area contributed by atoms with E-state index in [-0.39, 0.29) is 33.6 Å².